The predicted octanol–water partition coefficient (Wildman–Crippen LogP) is 4.75. The molecule has 1 aromatic heterocycles. The predicted molar refractivity (Wildman–Crippen MR) is 158 cm³/mol. The van der Waals surface area contributed by atoms with Crippen LogP contribution < -0.4 is 10.6 Å². The summed E-state index contributed by atoms with van der Waals surface area (Å²) in [4.78, 5) is 45.9. The van der Waals surface area contributed by atoms with Crippen molar-refractivity contribution in [2.75, 3.05) is 64.3 Å². The van der Waals surface area contributed by atoms with Gasteiger partial charge in [-0.15, -0.1) is 11.3 Å². The fourth-order valence-electron chi connectivity index (χ4n) is 6.10. The number of urea groups is 1. The monoisotopic (exact) mass is 621 g/mol. The molecular formula is C30H38F3N5O4S. The first-order valence-corrected chi connectivity index (χ1v) is 15.7. The third kappa shape index (κ3) is 7.50. The van der Waals surface area contributed by atoms with Crippen molar-refractivity contribution in [3.05, 3.63) is 41.5 Å². The van der Waals surface area contributed by atoms with Gasteiger partial charge in [-0.25, -0.2) is 4.79 Å². The van der Waals surface area contributed by atoms with Crippen molar-refractivity contribution in [1.82, 2.24) is 20.0 Å². The molecule has 3 saturated heterocycles. The van der Waals surface area contributed by atoms with Crippen LogP contribution in [-0.2, 0) is 15.7 Å². The first-order valence-electron chi connectivity index (χ1n) is 14.9. The van der Waals surface area contributed by atoms with Gasteiger partial charge in [0.25, 0.3) is 5.91 Å². The maximum Gasteiger partial charge on any atom is 0.416 e. The summed E-state index contributed by atoms with van der Waals surface area (Å²) in [5.74, 6) is -0.0171. The Balaban J connectivity index is 1.25. The van der Waals surface area contributed by atoms with E-state index in [1.807, 2.05) is 4.90 Å². The molecule has 4 heterocycles. The van der Waals surface area contributed by atoms with Crippen LogP contribution in [0.25, 0.3) is 10.4 Å². The van der Waals surface area contributed by atoms with E-state index in [1.165, 1.54) is 12.1 Å². The van der Waals surface area contributed by atoms with E-state index >= 15 is 0 Å². The molecule has 1 atom stereocenters. The largest absolute Gasteiger partial charge is 0.416 e. The highest BCUT2D eigenvalue weighted by Crippen LogP contribution is 2.38. The molecule has 2 N–H and O–H groups in total. The Kier molecular flexibility index (Phi) is 9.92. The van der Waals surface area contributed by atoms with E-state index in [9.17, 15) is 27.6 Å². The second-order valence-corrected chi connectivity index (χ2v) is 12.3. The first kappa shape index (κ1) is 31.3. The second-order valence-electron chi connectivity index (χ2n) is 11.2. The highest BCUT2D eigenvalue weighted by atomic mass is 32.1. The molecule has 0 saturated carbocycles. The normalized spacial score (nSPS) is 20.6. The Labute approximate surface area is 253 Å². The summed E-state index contributed by atoms with van der Waals surface area (Å²) in [6, 6.07) is 6.25. The van der Waals surface area contributed by atoms with Crippen LogP contribution in [0.1, 0.15) is 48.5 Å². The molecule has 13 heteroatoms. The molecule has 2 aromatic rings. The molecule has 0 bridgehead atoms. The number of anilines is 1. The van der Waals surface area contributed by atoms with E-state index in [0.29, 0.717) is 66.9 Å². The number of hydrogen-bond acceptors (Lipinski definition) is 6. The standard InChI is InChI=1S/C30H38F3N5O4S/c1-2-34-29(41)35-26-24(18-25(43-26)20-5-7-22(8-6-20)30(31,32)33)28(40)36-12-9-23(10-13-36)38-11-3-4-21(19-38)27(39)37-14-16-42-17-15-37/h5-8,18,21,23H,2-4,9-17,19H2,1H3,(H2,34,35,41)/t21-/m1/s1. The van der Waals surface area contributed by atoms with Gasteiger partial charge in [0.2, 0.25) is 5.91 Å². The number of ether oxygens (including phenoxy) is 1. The fourth-order valence-corrected chi connectivity index (χ4v) is 7.15. The number of nitrogens with one attached hydrogen (secondary N) is 2. The van der Waals surface area contributed by atoms with Gasteiger partial charge in [0.05, 0.1) is 30.3 Å². The topological polar surface area (TPSA) is 94.2 Å². The lowest BCUT2D eigenvalue weighted by molar-refractivity contribution is -0.142. The maximum atomic E-state index is 13.7. The van der Waals surface area contributed by atoms with Gasteiger partial charge in [0.15, 0.2) is 0 Å². The zero-order valence-corrected chi connectivity index (χ0v) is 25.1. The van der Waals surface area contributed by atoms with Crippen molar-refractivity contribution in [1.29, 1.82) is 0 Å². The number of hydrogen-bond donors (Lipinski definition) is 2. The molecule has 1 aromatic carbocycles. The lowest BCUT2D eigenvalue weighted by Crippen LogP contribution is -2.53. The van der Waals surface area contributed by atoms with Gasteiger partial charge in [-0.1, -0.05) is 12.1 Å². The summed E-state index contributed by atoms with van der Waals surface area (Å²) < 4.78 is 44.6. The summed E-state index contributed by atoms with van der Waals surface area (Å²) in [7, 11) is 0. The number of morpholine rings is 1. The third-order valence-corrected chi connectivity index (χ3v) is 9.52. The van der Waals surface area contributed by atoms with Gasteiger partial charge in [0.1, 0.15) is 5.00 Å². The van der Waals surface area contributed by atoms with Crippen LogP contribution in [0.4, 0.5) is 23.0 Å². The number of alkyl halides is 3. The summed E-state index contributed by atoms with van der Waals surface area (Å²) >= 11 is 1.16. The number of benzene rings is 1. The number of carbonyl (C=O) groups excluding carboxylic acids is 3. The van der Waals surface area contributed by atoms with Crippen LogP contribution in [0.5, 0.6) is 0 Å². The minimum Gasteiger partial charge on any atom is -0.378 e. The van der Waals surface area contributed by atoms with Gasteiger partial charge < -0.3 is 19.9 Å². The Hall–Kier alpha value is -3.16. The zero-order chi connectivity index (χ0) is 30.6. The SMILES string of the molecule is CCNC(=O)Nc1sc(-c2ccc(C(F)(F)F)cc2)cc1C(=O)N1CCC(N2CCC[C@@H](C(=O)N3CCOCC3)C2)CC1. The molecule has 0 spiro atoms. The maximum absolute atomic E-state index is 13.7. The first-order chi connectivity index (χ1) is 20.6. The van der Waals surface area contributed by atoms with Gasteiger partial charge in [-0.05, 0) is 62.9 Å². The van der Waals surface area contributed by atoms with Crippen molar-refractivity contribution in [3.63, 3.8) is 0 Å². The highest BCUT2D eigenvalue weighted by Gasteiger charge is 2.35. The molecule has 3 fully saturated rings. The van der Waals surface area contributed by atoms with Crippen LogP contribution in [0.3, 0.4) is 0 Å². The number of nitrogens with zero attached hydrogens (tertiary/aromatic N) is 3. The quantitative estimate of drug-likeness (QED) is 0.486. The van der Waals surface area contributed by atoms with Gasteiger partial charge >= 0.3 is 12.2 Å². The smallest absolute Gasteiger partial charge is 0.378 e. The Morgan fingerprint density at radius 1 is 0.977 bits per heavy atom. The van der Waals surface area contributed by atoms with E-state index in [0.717, 1.165) is 62.2 Å². The molecule has 0 unspecified atom stereocenters. The number of thiophene rings is 1. The Bertz CT molecular complexity index is 1290. The Morgan fingerprint density at radius 2 is 1.67 bits per heavy atom. The summed E-state index contributed by atoms with van der Waals surface area (Å²) in [5, 5.41) is 5.76. The van der Waals surface area contributed by atoms with Crippen molar-refractivity contribution in [3.8, 4) is 10.4 Å². The molecule has 3 aliphatic heterocycles. The van der Waals surface area contributed by atoms with Crippen molar-refractivity contribution < 1.29 is 32.3 Å². The summed E-state index contributed by atoms with van der Waals surface area (Å²) in [5.41, 5.74) is 0.0952. The van der Waals surface area contributed by atoms with Gasteiger partial charge in [-0.2, -0.15) is 13.2 Å². The van der Waals surface area contributed by atoms with E-state index in [2.05, 4.69) is 15.5 Å². The molecule has 0 radical (unpaired) electrons. The molecule has 9 nitrogen and oxygen atoms in total. The molecule has 234 valence electrons. The van der Waals surface area contributed by atoms with Crippen LogP contribution in [0.2, 0.25) is 0 Å². The van der Waals surface area contributed by atoms with Crippen LogP contribution in [0.15, 0.2) is 30.3 Å². The molecule has 3 aliphatic rings. The number of carbonyl (C=O) groups is 3. The molecule has 0 aliphatic carbocycles. The Morgan fingerprint density at radius 3 is 2.33 bits per heavy atom. The second kappa shape index (κ2) is 13.6. The number of halogens is 3. The number of amides is 4. The van der Waals surface area contributed by atoms with Crippen LogP contribution in [-0.4, -0.2) is 97.6 Å². The molecule has 43 heavy (non-hydrogen) atoms. The molecular weight excluding hydrogens is 583 g/mol. The lowest BCUT2D eigenvalue weighted by Gasteiger charge is -2.43. The number of piperidine rings is 2. The average molecular weight is 622 g/mol. The minimum atomic E-state index is -4.44. The zero-order valence-electron chi connectivity index (χ0n) is 24.3. The number of rotatable bonds is 6. The number of likely N-dealkylation sites (tertiary alicyclic amines) is 2. The lowest BCUT2D eigenvalue weighted by atomic mass is 9.92. The van der Waals surface area contributed by atoms with Gasteiger partial charge in [0, 0.05) is 50.2 Å². The van der Waals surface area contributed by atoms with E-state index in [4.69, 9.17) is 4.74 Å². The van der Waals surface area contributed by atoms with Crippen molar-refractivity contribution in [2.45, 2.75) is 44.8 Å². The van der Waals surface area contributed by atoms with Crippen LogP contribution >= 0.6 is 11.3 Å². The van der Waals surface area contributed by atoms with E-state index in [-0.39, 0.29) is 23.8 Å². The van der Waals surface area contributed by atoms with Crippen molar-refractivity contribution >= 4 is 34.2 Å². The molecule has 5 rings (SSSR count). The summed E-state index contributed by atoms with van der Waals surface area (Å²) in [6.07, 6.45) is -1.03. The van der Waals surface area contributed by atoms with Crippen molar-refractivity contribution in [2.24, 2.45) is 5.92 Å². The fraction of sp³-hybridized carbons (Fsp3) is 0.567. The van der Waals surface area contributed by atoms with E-state index in [1.54, 1.807) is 17.9 Å². The van der Waals surface area contributed by atoms with E-state index < -0.39 is 17.8 Å². The third-order valence-electron chi connectivity index (χ3n) is 8.42. The summed E-state index contributed by atoms with van der Waals surface area (Å²) in [6.45, 7) is 7.39. The van der Waals surface area contributed by atoms with Gasteiger partial charge in [-0.3, -0.25) is 19.8 Å². The molecule has 4 amide bonds. The highest BCUT2D eigenvalue weighted by molar-refractivity contribution is 7.20. The average Bonchev–Trinajstić information content (AvgIpc) is 3.44. The minimum absolute atomic E-state index is 0.0103. The van der Waals surface area contributed by atoms with Crippen LogP contribution in [0, 0.1) is 5.92 Å².